The van der Waals surface area contributed by atoms with Crippen LogP contribution >= 0.6 is 11.6 Å². The number of nitrogens with zero attached hydrogens (tertiary/aromatic N) is 3. The molecule has 2 aliphatic heterocycles. The lowest BCUT2D eigenvalue weighted by molar-refractivity contribution is -0.0353. The van der Waals surface area contributed by atoms with Gasteiger partial charge in [-0.2, -0.15) is 0 Å². The summed E-state index contributed by atoms with van der Waals surface area (Å²) in [6.45, 7) is 5.21. The fraction of sp³-hybridized carbons (Fsp3) is 0.462. The second-order valence-corrected chi connectivity index (χ2v) is 9.15. The van der Waals surface area contributed by atoms with E-state index in [2.05, 4.69) is 4.90 Å². The van der Waals surface area contributed by atoms with Gasteiger partial charge in [0.2, 0.25) is 0 Å². The standard InChI is InChI=1S/C26H32ClN3O5/c1-33-23-9-8-19(16-24(23)34-2)25(31)29-11-5-10-28(12-13-29)17-20-18-30(14-15-35-20)26(32)21-6-3-4-7-22(21)27/h3-4,6-9,16,20H,5,10-15,17-18H2,1-2H3. The van der Waals surface area contributed by atoms with E-state index in [1.54, 1.807) is 44.6 Å². The van der Waals surface area contributed by atoms with Gasteiger partial charge >= 0.3 is 0 Å². The first-order valence-corrected chi connectivity index (χ1v) is 12.3. The van der Waals surface area contributed by atoms with E-state index < -0.39 is 0 Å². The maximum atomic E-state index is 13.1. The molecule has 0 aromatic heterocycles. The molecule has 2 aliphatic rings. The molecule has 9 heteroatoms. The van der Waals surface area contributed by atoms with Crippen molar-refractivity contribution in [2.24, 2.45) is 0 Å². The second kappa shape index (κ2) is 11.7. The van der Waals surface area contributed by atoms with Crippen LogP contribution in [0.5, 0.6) is 11.5 Å². The van der Waals surface area contributed by atoms with Crippen LogP contribution in [0.1, 0.15) is 27.1 Å². The number of carbonyl (C=O) groups excluding carboxylic acids is 2. The Kier molecular flexibility index (Phi) is 8.49. The first-order chi connectivity index (χ1) is 17.0. The van der Waals surface area contributed by atoms with Gasteiger partial charge in [0, 0.05) is 44.8 Å². The van der Waals surface area contributed by atoms with Crippen LogP contribution in [-0.2, 0) is 4.74 Å². The number of amides is 2. The quantitative estimate of drug-likeness (QED) is 0.606. The molecule has 0 N–H and O–H groups in total. The largest absolute Gasteiger partial charge is 0.493 e. The van der Waals surface area contributed by atoms with E-state index in [1.165, 1.54) is 0 Å². The molecular formula is C26H32ClN3O5. The Morgan fingerprint density at radius 3 is 2.51 bits per heavy atom. The third-order valence-electron chi connectivity index (χ3n) is 6.50. The third kappa shape index (κ3) is 6.07. The molecule has 1 atom stereocenters. The summed E-state index contributed by atoms with van der Waals surface area (Å²) in [7, 11) is 3.14. The summed E-state index contributed by atoms with van der Waals surface area (Å²) in [5, 5.41) is 0.465. The van der Waals surface area contributed by atoms with Gasteiger partial charge in [-0.25, -0.2) is 0 Å². The maximum Gasteiger partial charge on any atom is 0.255 e. The number of carbonyl (C=O) groups is 2. The average molecular weight is 502 g/mol. The van der Waals surface area contributed by atoms with E-state index in [9.17, 15) is 9.59 Å². The minimum Gasteiger partial charge on any atom is -0.493 e. The molecule has 0 bridgehead atoms. The normalized spacial score (nSPS) is 19.2. The molecule has 8 nitrogen and oxygen atoms in total. The maximum absolute atomic E-state index is 13.1. The van der Waals surface area contributed by atoms with Gasteiger partial charge in [-0.3, -0.25) is 14.5 Å². The van der Waals surface area contributed by atoms with Gasteiger partial charge in [0.1, 0.15) is 0 Å². The Bertz CT molecular complexity index is 1050. The lowest BCUT2D eigenvalue weighted by Gasteiger charge is -2.35. The Morgan fingerprint density at radius 2 is 1.74 bits per heavy atom. The third-order valence-corrected chi connectivity index (χ3v) is 6.83. The Hall–Kier alpha value is -2.81. The van der Waals surface area contributed by atoms with Gasteiger partial charge in [0.15, 0.2) is 11.5 Å². The van der Waals surface area contributed by atoms with E-state index in [0.717, 1.165) is 19.5 Å². The summed E-state index contributed by atoms with van der Waals surface area (Å²) in [6.07, 6.45) is 0.789. The van der Waals surface area contributed by atoms with Crippen LogP contribution in [0.2, 0.25) is 5.02 Å². The molecule has 0 radical (unpaired) electrons. The molecular weight excluding hydrogens is 470 g/mol. The second-order valence-electron chi connectivity index (χ2n) is 8.74. The van der Waals surface area contributed by atoms with Gasteiger partial charge in [-0.15, -0.1) is 0 Å². The molecule has 0 aliphatic carbocycles. The van der Waals surface area contributed by atoms with Crippen molar-refractivity contribution in [1.29, 1.82) is 0 Å². The number of rotatable bonds is 6. The Labute approximate surface area is 211 Å². The summed E-state index contributed by atoms with van der Waals surface area (Å²) >= 11 is 6.23. The SMILES string of the molecule is COc1ccc(C(=O)N2CCCN(CC3CN(C(=O)c4ccccc4Cl)CCO3)CC2)cc1OC. The van der Waals surface area contributed by atoms with E-state index in [4.69, 9.17) is 25.8 Å². The number of benzene rings is 2. The zero-order valence-corrected chi connectivity index (χ0v) is 21.0. The molecule has 35 heavy (non-hydrogen) atoms. The number of halogens is 1. The van der Waals surface area contributed by atoms with Crippen molar-refractivity contribution in [2.75, 3.05) is 66.6 Å². The zero-order valence-electron chi connectivity index (χ0n) is 20.2. The van der Waals surface area contributed by atoms with E-state index in [1.807, 2.05) is 21.9 Å². The molecule has 0 spiro atoms. The minimum absolute atomic E-state index is 0.0155. The highest BCUT2D eigenvalue weighted by molar-refractivity contribution is 6.33. The van der Waals surface area contributed by atoms with Crippen LogP contribution in [0.15, 0.2) is 42.5 Å². The summed E-state index contributed by atoms with van der Waals surface area (Å²) in [5.74, 6) is 1.06. The molecule has 0 saturated carbocycles. The molecule has 2 aromatic rings. The lowest BCUT2D eigenvalue weighted by atomic mass is 10.1. The average Bonchev–Trinajstić information content (AvgIpc) is 3.13. The van der Waals surface area contributed by atoms with Crippen molar-refractivity contribution < 1.29 is 23.8 Å². The first-order valence-electron chi connectivity index (χ1n) is 11.9. The number of hydrogen-bond acceptors (Lipinski definition) is 6. The van der Waals surface area contributed by atoms with Crippen molar-refractivity contribution in [3.8, 4) is 11.5 Å². The topological polar surface area (TPSA) is 71.6 Å². The minimum atomic E-state index is -0.0803. The van der Waals surface area contributed by atoms with Crippen LogP contribution in [0, 0.1) is 0 Å². The summed E-state index contributed by atoms with van der Waals surface area (Å²) in [4.78, 5) is 32.1. The highest BCUT2D eigenvalue weighted by atomic mass is 35.5. The number of hydrogen-bond donors (Lipinski definition) is 0. The van der Waals surface area contributed by atoms with E-state index >= 15 is 0 Å². The van der Waals surface area contributed by atoms with Crippen LogP contribution < -0.4 is 9.47 Å². The molecule has 2 fully saturated rings. The van der Waals surface area contributed by atoms with Crippen molar-refractivity contribution in [3.63, 3.8) is 0 Å². The fourth-order valence-electron chi connectivity index (χ4n) is 4.62. The fourth-order valence-corrected chi connectivity index (χ4v) is 4.83. The highest BCUT2D eigenvalue weighted by Gasteiger charge is 2.29. The molecule has 188 valence electrons. The van der Waals surface area contributed by atoms with Crippen molar-refractivity contribution in [3.05, 3.63) is 58.6 Å². The van der Waals surface area contributed by atoms with Gasteiger partial charge in [0.25, 0.3) is 11.8 Å². The molecule has 4 rings (SSSR count). The molecule has 2 aromatic carbocycles. The monoisotopic (exact) mass is 501 g/mol. The van der Waals surface area contributed by atoms with Gasteiger partial charge in [-0.1, -0.05) is 23.7 Å². The van der Waals surface area contributed by atoms with Crippen LogP contribution in [0.3, 0.4) is 0 Å². The highest BCUT2D eigenvalue weighted by Crippen LogP contribution is 2.28. The summed E-state index contributed by atoms with van der Waals surface area (Å²) in [5.41, 5.74) is 1.11. The molecule has 2 saturated heterocycles. The number of morpholine rings is 1. The van der Waals surface area contributed by atoms with Gasteiger partial charge in [0.05, 0.1) is 37.5 Å². The Balaban J connectivity index is 1.33. The summed E-state index contributed by atoms with van der Waals surface area (Å²) in [6, 6.07) is 12.4. The van der Waals surface area contributed by atoms with Gasteiger partial charge in [-0.05, 0) is 43.3 Å². The van der Waals surface area contributed by atoms with Crippen LogP contribution in [0.4, 0.5) is 0 Å². The van der Waals surface area contributed by atoms with Crippen LogP contribution in [-0.4, -0.2) is 99.3 Å². The molecule has 2 heterocycles. The van der Waals surface area contributed by atoms with Gasteiger partial charge < -0.3 is 24.0 Å². The predicted molar refractivity (Wildman–Crippen MR) is 134 cm³/mol. The zero-order chi connectivity index (χ0) is 24.8. The van der Waals surface area contributed by atoms with Crippen molar-refractivity contribution >= 4 is 23.4 Å². The Morgan fingerprint density at radius 1 is 0.943 bits per heavy atom. The molecule has 1 unspecified atom stereocenters. The lowest BCUT2D eigenvalue weighted by Crippen LogP contribution is -2.50. The van der Waals surface area contributed by atoms with E-state index in [0.29, 0.717) is 67.0 Å². The van der Waals surface area contributed by atoms with Crippen molar-refractivity contribution in [2.45, 2.75) is 12.5 Å². The number of methoxy groups -OCH3 is 2. The summed E-state index contributed by atoms with van der Waals surface area (Å²) < 4.78 is 16.6. The first kappa shape index (κ1) is 25.3. The smallest absolute Gasteiger partial charge is 0.255 e. The molecule has 2 amide bonds. The van der Waals surface area contributed by atoms with Crippen LogP contribution in [0.25, 0.3) is 0 Å². The number of ether oxygens (including phenoxy) is 3. The van der Waals surface area contributed by atoms with E-state index in [-0.39, 0.29) is 17.9 Å². The van der Waals surface area contributed by atoms with Crippen molar-refractivity contribution in [1.82, 2.24) is 14.7 Å². The predicted octanol–water partition coefficient (Wildman–Crippen LogP) is 3.05.